The van der Waals surface area contributed by atoms with Crippen molar-refractivity contribution >= 4 is 17.1 Å². The minimum absolute atomic E-state index is 0.0281. The van der Waals surface area contributed by atoms with Crippen molar-refractivity contribution in [3.8, 4) is 11.6 Å². The number of aromatic nitrogens is 3. The smallest absolute Gasteiger partial charge is 0.279 e. The number of amides is 1. The van der Waals surface area contributed by atoms with Crippen LogP contribution >= 0.6 is 0 Å². The van der Waals surface area contributed by atoms with Gasteiger partial charge in [0.15, 0.2) is 0 Å². The van der Waals surface area contributed by atoms with Gasteiger partial charge in [-0.05, 0) is 30.2 Å². The summed E-state index contributed by atoms with van der Waals surface area (Å²) in [7, 11) is 1.68. The van der Waals surface area contributed by atoms with Crippen molar-refractivity contribution in [3.63, 3.8) is 0 Å². The van der Waals surface area contributed by atoms with Crippen LogP contribution in [-0.2, 0) is 18.3 Å². The normalized spacial score (nSPS) is 13.8. The van der Waals surface area contributed by atoms with Crippen molar-refractivity contribution < 1.29 is 9.53 Å². The fourth-order valence-corrected chi connectivity index (χ4v) is 3.20. The van der Waals surface area contributed by atoms with Crippen LogP contribution in [0.4, 0.5) is 5.69 Å². The van der Waals surface area contributed by atoms with Crippen molar-refractivity contribution in [2.75, 3.05) is 5.32 Å². The summed E-state index contributed by atoms with van der Waals surface area (Å²) in [4.78, 5) is 28.5. The monoisotopic (exact) mass is 352 g/mol. The average molecular weight is 352 g/mol. The van der Waals surface area contributed by atoms with Gasteiger partial charge >= 0.3 is 0 Å². The molecule has 3 heterocycles. The van der Waals surface area contributed by atoms with E-state index in [0.29, 0.717) is 30.0 Å². The first kappa shape index (κ1) is 16.4. The fraction of sp³-hybridized carbons (Fsp3) is 0.316. The Morgan fingerprint density at radius 1 is 1.23 bits per heavy atom. The third-order valence-corrected chi connectivity index (χ3v) is 4.63. The molecule has 1 aliphatic rings. The first-order valence-electron chi connectivity index (χ1n) is 8.61. The number of hydrogen-bond acceptors (Lipinski definition) is 4. The molecule has 0 fully saturated rings. The molecule has 0 saturated heterocycles. The van der Waals surface area contributed by atoms with E-state index < -0.39 is 0 Å². The molecule has 0 saturated carbocycles. The van der Waals surface area contributed by atoms with Gasteiger partial charge in [0, 0.05) is 25.1 Å². The molecule has 0 radical (unpaired) electrons. The first-order chi connectivity index (χ1) is 12.4. The zero-order valence-corrected chi connectivity index (χ0v) is 14.9. The second-order valence-electron chi connectivity index (χ2n) is 6.83. The van der Waals surface area contributed by atoms with Gasteiger partial charge in [0.1, 0.15) is 17.1 Å². The third-order valence-electron chi connectivity index (χ3n) is 4.63. The summed E-state index contributed by atoms with van der Waals surface area (Å²) >= 11 is 0. The van der Waals surface area contributed by atoms with E-state index in [1.54, 1.807) is 29.9 Å². The lowest BCUT2D eigenvalue weighted by Crippen LogP contribution is -2.21. The molecule has 0 aliphatic carbocycles. The number of nitrogens with zero attached hydrogens (tertiary/aromatic N) is 3. The predicted octanol–water partition coefficient (Wildman–Crippen LogP) is 2.83. The third kappa shape index (κ3) is 2.65. The summed E-state index contributed by atoms with van der Waals surface area (Å²) in [5.41, 5.74) is 2.21. The van der Waals surface area contributed by atoms with Crippen LogP contribution in [-0.4, -0.2) is 19.9 Å². The van der Waals surface area contributed by atoms with Crippen LogP contribution in [0.3, 0.4) is 0 Å². The number of carbonyl (C=O) groups excluding carboxylic acids is 1. The second-order valence-corrected chi connectivity index (χ2v) is 6.83. The number of carbonyl (C=O) groups is 1. The molecule has 1 amide bonds. The molecule has 0 atom stereocenters. The molecule has 1 N–H and O–H groups in total. The van der Waals surface area contributed by atoms with Crippen LogP contribution in [0.15, 0.2) is 35.4 Å². The topological polar surface area (TPSA) is 77.6 Å². The standard InChI is InChI=1S/C19H20N4O3/c1-11(2)18-20-9-15-19(25)22(3)17(10-23(15)18)26-13-5-6-14-12(8-13)4-7-16(24)21-14/h5-6,8-11H,4,7H2,1-3H3,(H,21,24). The zero-order chi connectivity index (χ0) is 18.4. The van der Waals surface area contributed by atoms with Crippen LogP contribution in [0.25, 0.3) is 5.52 Å². The van der Waals surface area contributed by atoms with Crippen molar-refractivity contribution in [2.24, 2.45) is 7.05 Å². The summed E-state index contributed by atoms with van der Waals surface area (Å²) < 4.78 is 9.26. The number of rotatable bonds is 3. The molecule has 26 heavy (non-hydrogen) atoms. The maximum absolute atomic E-state index is 12.6. The van der Waals surface area contributed by atoms with Gasteiger partial charge in [0.25, 0.3) is 5.56 Å². The van der Waals surface area contributed by atoms with Crippen LogP contribution in [0.2, 0.25) is 0 Å². The summed E-state index contributed by atoms with van der Waals surface area (Å²) in [5, 5.41) is 2.85. The van der Waals surface area contributed by atoms with Gasteiger partial charge in [-0.25, -0.2) is 4.98 Å². The summed E-state index contributed by atoms with van der Waals surface area (Å²) in [6, 6.07) is 5.52. The van der Waals surface area contributed by atoms with Gasteiger partial charge in [-0.1, -0.05) is 13.8 Å². The number of anilines is 1. The molecule has 2 aromatic heterocycles. The number of aryl methyl sites for hydroxylation is 1. The maximum Gasteiger partial charge on any atom is 0.279 e. The average Bonchev–Trinajstić information content (AvgIpc) is 3.03. The largest absolute Gasteiger partial charge is 0.439 e. The van der Waals surface area contributed by atoms with Crippen LogP contribution in [0.5, 0.6) is 11.6 Å². The van der Waals surface area contributed by atoms with Gasteiger partial charge in [-0.2, -0.15) is 0 Å². The van der Waals surface area contributed by atoms with Crippen LogP contribution < -0.4 is 15.6 Å². The van der Waals surface area contributed by atoms with E-state index in [0.717, 1.165) is 17.1 Å². The Balaban J connectivity index is 1.75. The minimum Gasteiger partial charge on any atom is -0.439 e. The van der Waals surface area contributed by atoms with E-state index in [9.17, 15) is 9.59 Å². The number of fused-ring (bicyclic) bond motifs is 2. The second kappa shape index (κ2) is 6.01. The van der Waals surface area contributed by atoms with E-state index in [1.165, 1.54) is 4.57 Å². The highest BCUT2D eigenvalue weighted by molar-refractivity contribution is 5.94. The number of ether oxygens (including phenoxy) is 1. The molecule has 7 heteroatoms. The zero-order valence-electron chi connectivity index (χ0n) is 14.9. The fourth-order valence-electron chi connectivity index (χ4n) is 3.20. The lowest BCUT2D eigenvalue weighted by molar-refractivity contribution is -0.116. The Bertz CT molecular complexity index is 1080. The van der Waals surface area contributed by atoms with E-state index in [2.05, 4.69) is 10.3 Å². The molecule has 3 aromatic rings. The van der Waals surface area contributed by atoms with E-state index in [-0.39, 0.29) is 17.4 Å². The van der Waals surface area contributed by atoms with Crippen molar-refractivity contribution in [1.82, 2.24) is 14.0 Å². The number of hydrogen-bond donors (Lipinski definition) is 1. The lowest BCUT2D eigenvalue weighted by Gasteiger charge is -2.18. The summed E-state index contributed by atoms with van der Waals surface area (Å²) in [6.45, 7) is 4.06. The molecule has 134 valence electrons. The van der Waals surface area contributed by atoms with Gasteiger partial charge < -0.3 is 10.1 Å². The highest BCUT2D eigenvalue weighted by Gasteiger charge is 2.17. The van der Waals surface area contributed by atoms with Gasteiger partial charge in [-0.15, -0.1) is 0 Å². The molecular weight excluding hydrogens is 332 g/mol. The summed E-state index contributed by atoms with van der Waals surface area (Å²) in [6.07, 6.45) is 4.53. The van der Waals surface area contributed by atoms with E-state index in [4.69, 9.17) is 4.74 Å². The number of nitrogens with one attached hydrogen (secondary N) is 1. The predicted molar refractivity (Wildman–Crippen MR) is 98.0 cm³/mol. The first-order valence-corrected chi connectivity index (χ1v) is 8.61. The molecule has 4 rings (SSSR count). The maximum atomic E-state index is 12.6. The Kier molecular flexibility index (Phi) is 3.79. The Labute approximate surface area is 150 Å². The molecule has 7 nitrogen and oxygen atoms in total. The number of benzene rings is 1. The SMILES string of the molecule is CC(C)c1ncc2c(=O)n(C)c(Oc3ccc4c(c3)CCC(=O)N4)cn12. The molecule has 0 bridgehead atoms. The molecular formula is C19H20N4O3. The van der Waals surface area contributed by atoms with E-state index in [1.807, 2.05) is 26.0 Å². The van der Waals surface area contributed by atoms with Gasteiger partial charge in [0.2, 0.25) is 11.8 Å². The van der Waals surface area contributed by atoms with Crippen molar-refractivity contribution in [3.05, 3.63) is 52.3 Å². The Morgan fingerprint density at radius 2 is 2.04 bits per heavy atom. The number of imidazole rings is 1. The quantitative estimate of drug-likeness (QED) is 0.786. The van der Waals surface area contributed by atoms with Crippen molar-refractivity contribution in [2.45, 2.75) is 32.6 Å². The Morgan fingerprint density at radius 3 is 2.81 bits per heavy atom. The van der Waals surface area contributed by atoms with Gasteiger partial charge in [0.05, 0.1) is 12.4 Å². The highest BCUT2D eigenvalue weighted by Crippen LogP contribution is 2.29. The van der Waals surface area contributed by atoms with Crippen LogP contribution in [0.1, 0.15) is 37.6 Å². The molecule has 1 aliphatic heterocycles. The lowest BCUT2D eigenvalue weighted by atomic mass is 10.0. The summed E-state index contributed by atoms with van der Waals surface area (Å²) in [5.74, 6) is 2.09. The molecule has 0 spiro atoms. The molecule has 0 unspecified atom stereocenters. The van der Waals surface area contributed by atoms with Crippen LogP contribution in [0, 0.1) is 0 Å². The Hall–Kier alpha value is -3.09. The molecule has 1 aromatic carbocycles. The van der Waals surface area contributed by atoms with E-state index >= 15 is 0 Å². The highest BCUT2D eigenvalue weighted by atomic mass is 16.5. The minimum atomic E-state index is -0.160. The van der Waals surface area contributed by atoms with Gasteiger partial charge in [-0.3, -0.25) is 18.6 Å². The van der Waals surface area contributed by atoms with Crippen molar-refractivity contribution in [1.29, 1.82) is 0 Å².